The molecule has 0 spiro atoms. The third-order valence-electron chi connectivity index (χ3n) is 3.13. The number of halogens is 1. The lowest BCUT2D eigenvalue weighted by Gasteiger charge is -2.22. The average molecular weight is 318 g/mol. The maximum atomic E-state index is 12.1. The van der Waals surface area contributed by atoms with Gasteiger partial charge < -0.3 is 9.94 Å². The van der Waals surface area contributed by atoms with Crippen LogP contribution in [0.1, 0.15) is 27.9 Å². The van der Waals surface area contributed by atoms with Crippen molar-refractivity contribution in [1.29, 1.82) is 0 Å². The average Bonchev–Trinajstić information content (AvgIpc) is 2.35. The molecule has 0 aliphatic carbocycles. The number of hydrogen-bond donors (Lipinski definition) is 1. The molecule has 1 N–H and O–H groups in total. The zero-order chi connectivity index (χ0) is 15.1. The summed E-state index contributed by atoms with van der Waals surface area (Å²) < 4.78 is 24.3. The second kappa shape index (κ2) is 5.06. The summed E-state index contributed by atoms with van der Waals surface area (Å²) in [5.74, 6) is -1.31. The molecule has 0 atom stereocenters. The molecule has 1 heterocycles. The zero-order valence-corrected chi connectivity index (χ0v) is 12.4. The van der Waals surface area contributed by atoms with Crippen molar-refractivity contribution in [2.24, 2.45) is 5.16 Å². The minimum atomic E-state index is -3.55. The first-order valence-corrected chi connectivity index (χ1v) is 7.72. The van der Waals surface area contributed by atoms with Crippen LogP contribution in [-0.2, 0) is 14.7 Å². The fourth-order valence-corrected chi connectivity index (χ4v) is 4.42. The van der Waals surface area contributed by atoms with E-state index >= 15 is 0 Å². The Kier molecular flexibility index (Phi) is 3.75. The number of aromatic carboxylic acids is 1. The van der Waals surface area contributed by atoms with Gasteiger partial charge in [-0.1, -0.05) is 16.8 Å². The summed E-state index contributed by atoms with van der Waals surface area (Å²) in [6.45, 7) is 1.53. The molecular weight excluding hydrogens is 306 g/mol. The number of rotatable bonds is 2. The van der Waals surface area contributed by atoms with E-state index in [1.54, 1.807) is 0 Å². The smallest absolute Gasteiger partial charge is 0.336 e. The monoisotopic (exact) mass is 317 g/mol. The summed E-state index contributed by atoms with van der Waals surface area (Å²) >= 11 is 5.98. The predicted octanol–water partition coefficient (Wildman–Crippen LogP) is 1.87. The molecule has 2 rings (SSSR count). The maximum Gasteiger partial charge on any atom is 0.336 e. The van der Waals surface area contributed by atoms with Crippen molar-refractivity contribution in [2.45, 2.75) is 18.2 Å². The van der Waals surface area contributed by atoms with Crippen LogP contribution < -0.4 is 0 Å². The van der Waals surface area contributed by atoms with Gasteiger partial charge in [-0.05, 0) is 18.6 Å². The van der Waals surface area contributed by atoms with Crippen molar-refractivity contribution in [3.63, 3.8) is 0 Å². The molecule has 0 aromatic heterocycles. The molecule has 8 heteroatoms. The van der Waals surface area contributed by atoms with Gasteiger partial charge in [-0.3, -0.25) is 0 Å². The molecular formula is C12H12ClNO5S. The van der Waals surface area contributed by atoms with Gasteiger partial charge in [-0.15, -0.1) is 0 Å². The molecule has 6 nitrogen and oxygen atoms in total. The van der Waals surface area contributed by atoms with Crippen molar-refractivity contribution in [3.8, 4) is 0 Å². The molecule has 1 aromatic carbocycles. The van der Waals surface area contributed by atoms with Gasteiger partial charge in [0.2, 0.25) is 0 Å². The molecule has 1 aliphatic rings. The topological polar surface area (TPSA) is 93.0 Å². The van der Waals surface area contributed by atoms with Crippen LogP contribution in [0.2, 0.25) is 5.02 Å². The highest BCUT2D eigenvalue weighted by molar-refractivity contribution is 7.91. The van der Waals surface area contributed by atoms with Crippen LogP contribution in [0.3, 0.4) is 0 Å². The summed E-state index contributed by atoms with van der Waals surface area (Å²) in [6, 6.07) is 1.16. The van der Waals surface area contributed by atoms with E-state index in [-0.39, 0.29) is 33.2 Å². The van der Waals surface area contributed by atoms with E-state index in [1.165, 1.54) is 14.0 Å². The first kappa shape index (κ1) is 14.8. The molecule has 1 aliphatic heterocycles. The summed E-state index contributed by atoms with van der Waals surface area (Å²) in [4.78, 5) is 15.8. The Morgan fingerprint density at radius 2 is 2.15 bits per heavy atom. The molecule has 0 bridgehead atoms. The molecule has 0 saturated carbocycles. The van der Waals surface area contributed by atoms with Crippen molar-refractivity contribution in [2.75, 3.05) is 12.9 Å². The second-order valence-corrected chi connectivity index (χ2v) is 6.78. The van der Waals surface area contributed by atoms with E-state index in [0.29, 0.717) is 11.3 Å². The molecule has 0 unspecified atom stereocenters. The van der Waals surface area contributed by atoms with Gasteiger partial charge in [0, 0.05) is 12.0 Å². The number of carboxylic acids is 1. The summed E-state index contributed by atoms with van der Waals surface area (Å²) in [6.07, 6.45) is 0.156. The van der Waals surface area contributed by atoms with Gasteiger partial charge in [0.05, 0.1) is 26.9 Å². The van der Waals surface area contributed by atoms with Crippen LogP contribution in [-0.4, -0.2) is 38.1 Å². The summed E-state index contributed by atoms with van der Waals surface area (Å²) in [7, 11) is -2.21. The fraction of sp³-hybridized carbons (Fsp3) is 0.333. The molecule has 0 saturated heterocycles. The number of oxime groups is 1. The van der Waals surface area contributed by atoms with Crippen LogP contribution >= 0.6 is 11.6 Å². The van der Waals surface area contributed by atoms with Gasteiger partial charge >= 0.3 is 5.97 Å². The van der Waals surface area contributed by atoms with Gasteiger partial charge in [-0.2, -0.15) is 0 Å². The zero-order valence-electron chi connectivity index (χ0n) is 10.8. The minimum absolute atomic E-state index is 0.0466. The van der Waals surface area contributed by atoms with E-state index in [9.17, 15) is 13.2 Å². The summed E-state index contributed by atoms with van der Waals surface area (Å²) in [5.41, 5.74) is 0.897. The van der Waals surface area contributed by atoms with Crippen LogP contribution in [0.15, 0.2) is 16.1 Å². The SMILES string of the molecule is CO/N=C1\CCS(=O)(=O)c2c(Cl)cc(C(=O)O)c(C)c21. The number of carboxylic acid groups (broad SMARTS) is 1. The lowest BCUT2D eigenvalue weighted by molar-refractivity contribution is 0.0696. The van der Waals surface area contributed by atoms with Gasteiger partial charge in [-0.25, -0.2) is 13.2 Å². The molecule has 20 heavy (non-hydrogen) atoms. The van der Waals surface area contributed by atoms with Crippen molar-refractivity contribution < 1.29 is 23.2 Å². The van der Waals surface area contributed by atoms with Gasteiger partial charge in [0.25, 0.3) is 0 Å². The fourth-order valence-electron chi connectivity index (χ4n) is 2.26. The van der Waals surface area contributed by atoms with E-state index in [4.69, 9.17) is 21.5 Å². The highest BCUT2D eigenvalue weighted by atomic mass is 35.5. The molecule has 0 amide bonds. The third kappa shape index (κ3) is 2.27. The Morgan fingerprint density at radius 1 is 1.50 bits per heavy atom. The number of carbonyl (C=O) groups is 1. The Morgan fingerprint density at radius 3 is 2.70 bits per heavy atom. The van der Waals surface area contributed by atoms with Crippen LogP contribution in [0.25, 0.3) is 0 Å². The normalized spacial score (nSPS) is 18.6. The Balaban J connectivity index is 2.91. The van der Waals surface area contributed by atoms with E-state index in [2.05, 4.69) is 5.16 Å². The first-order chi connectivity index (χ1) is 9.29. The van der Waals surface area contributed by atoms with Crippen molar-refractivity contribution in [3.05, 3.63) is 27.8 Å². The summed E-state index contributed by atoms with van der Waals surface area (Å²) in [5, 5.41) is 12.8. The molecule has 0 radical (unpaired) electrons. The molecule has 0 fully saturated rings. The maximum absolute atomic E-state index is 12.1. The van der Waals surface area contributed by atoms with Gasteiger partial charge in [0.15, 0.2) is 9.84 Å². The second-order valence-electron chi connectivity index (χ2n) is 4.33. The standard InChI is InChI=1S/C12H12ClNO5S/c1-6-7(12(15)16)5-8(13)11-10(6)9(14-19-2)3-4-20(11,17)18/h5H,3-4H2,1-2H3,(H,15,16)/b14-9+. The number of nitrogens with zero attached hydrogens (tertiary/aromatic N) is 1. The number of hydrogen-bond acceptors (Lipinski definition) is 5. The van der Waals surface area contributed by atoms with E-state index < -0.39 is 15.8 Å². The predicted molar refractivity (Wildman–Crippen MR) is 73.4 cm³/mol. The Bertz CT molecular complexity index is 724. The lowest BCUT2D eigenvalue weighted by Crippen LogP contribution is -2.25. The largest absolute Gasteiger partial charge is 0.478 e. The highest BCUT2D eigenvalue weighted by Gasteiger charge is 2.34. The highest BCUT2D eigenvalue weighted by Crippen LogP contribution is 2.36. The molecule has 1 aromatic rings. The van der Waals surface area contributed by atoms with Crippen LogP contribution in [0, 0.1) is 6.92 Å². The van der Waals surface area contributed by atoms with E-state index in [0.717, 1.165) is 6.07 Å². The van der Waals surface area contributed by atoms with Crippen molar-refractivity contribution >= 4 is 33.1 Å². The number of benzene rings is 1. The minimum Gasteiger partial charge on any atom is -0.478 e. The first-order valence-electron chi connectivity index (χ1n) is 5.69. The van der Waals surface area contributed by atoms with Crippen molar-refractivity contribution in [1.82, 2.24) is 0 Å². The van der Waals surface area contributed by atoms with E-state index in [1.807, 2.05) is 0 Å². The third-order valence-corrected chi connectivity index (χ3v) is 5.33. The lowest BCUT2D eigenvalue weighted by atomic mass is 9.97. The Hall–Kier alpha value is -1.60. The Labute approximate surface area is 120 Å². The quantitative estimate of drug-likeness (QED) is 0.840. The van der Waals surface area contributed by atoms with Crippen LogP contribution in [0.5, 0.6) is 0 Å². The number of fused-ring (bicyclic) bond motifs is 1. The molecule has 108 valence electrons. The number of sulfone groups is 1. The van der Waals surface area contributed by atoms with Gasteiger partial charge in [0.1, 0.15) is 7.11 Å². The van der Waals surface area contributed by atoms with Crippen LogP contribution in [0.4, 0.5) is 0 Å².